The molecule has 1 saturated heterocycles. The topological polar surface area (TPSA) is 74.4 Å². The number of carbonyl (C=O) groups is 1. The van der Waals surface area contributed by atoms with Crippen molar-refractivity contribution in [3.63, 3.8) is 0 Å². The van der Waals surface area contributed by atoms with Crippen LogP contribution in [-0.4, -0.2) is 35.2 Å². The summed E-state index contributed by atoms with van der Waals surface area (Å²) < 4.78 is 5.74. The van der Waals surface area contributed by atoms with Crippen molar-refractivity contribution in [2.75, 3.05) is 18.5 Å². The summed E-state index contributed by atoms with van der Waals surface area (Å²) in [7, 11) is 0. The van der Waals surface area contributed by atoms with Gasteiger partial charge in [0.05, 0.1) is 23.4 Å². The van der Waals surface area contributed by atoms with Gasteiger partial charge in [-0.3, -0.25) is 4.79 Å². The smallest absolute Gasteiger partial charge is 0.322 e. The highest BCUT2D eigenvalue weighted by atomic mass is 35.5. The van der Waals surface area contributed by atoms with Gasteiger partial charge in [0.1, 0.15) is 0 Å². The first-order valence-electron chi connectivity index (χ1n) is 10.6. The first kappa shape index (κ1) is 21.4. The lowest BCUT2D eigenvalue weighted by Crippen LogP contribution is -2.40. The highest BCUT2D eigenvalue weighted by Crippen LogP contribution is 2.22. The molecule has 1 unspecified atom stereocenters. The fraction of sp³-hybridized carbons (Fsp3) is 0.333. The van der Waals surface area contributed by atoms with E-state index in [1.807, 2.05) is 24.3 Å². The molecule has 162 valence electrons. The number of nitrogens with zero attached hydrogens (tertiary/aromatic N) is 1. The number of rotatable bonds is 6. The molecule has 0 radical (unpaired) electrons. The van der Waals surface area contributed by atoms with Crippen molar-refractivity contribution >= 4 is 34.2 Å². The van der Waals surface area contributed by atoms with Gasteiger partial charge in [-0.25, -0.2) is 4.79 Å². The molecule has 6 nitrogen and oxygen atoms in total. The van der Waals surface area contributed by atoms with Gasteiger partial charge in [-0.05, 0) is 60.5 Å². The maximum absolute atomic E-state index is 13.1. The third-order valence-electron chi connectivity index (χ3n) is 5.61. The van der Waals surface area contributed by atoms with Gasteiger partial charge in [-0.2, -0.15) is 0 Å². The lowest BCUT2D eigenvalue weighted by atomic mass is 10.1. The Balaban J connectivity index is 1.62. The predicted octanol–water partition coefficient (Wildman–Crippen LogP) is 4.96. The Morgan fingerprint density at radius 1 is 1.26 bits per heavy atom. The molecule has 2 aromatic carbocycles. The summed E-state index contributed by atoms with van der Waals surface area (Å²) in [6.45, 7) is 3.37. The van der Waals surface area contributed by atoms with Gasteiger partial charge in [0.25, 0.3) is 5.56 Å². The van der Waals surface area contributed by atoms with Crippen LogP contribution in [0.2, 0.25) is 5.02 Å². The Morgan fingerprint density at radius 2 is 2.10 bits per heavy atom. The van der Waals surface area contributed by atoms with Crippen LogP contribution in [0.3, 0.4) is 0 Å². The molecule has 4 rings (SSSR count). The monoisotopic (exact) mass is 439 g/mol. The van der Waals surface area contributed by atoms with Gasteiger partial charge in [-0.1, -0.05) is 36.7 Å². The zero-order valence-electron chi connectivity index (χ0n) is 17.5. The maximum Gasteiger partial charge on any atom is 0.322 e. The lowest BCUT2D eigenvalue weighted by Gasteiger charge is -2.26. The Kier molecular flexibility index (Phi) is 6.59. The number of aryl methyl sites for hydroxylation is 1. The highest BCUT2D eigenvalue weighted by molar-refractivity contribution is 6.33. The zero-order valence-corrected chi connectivity index (χ0v) is 18.2. The van der Waals surface area contributed by atoms with Crippen LogP contribution in [0.4, 0.5) is 10.5 Å². The molecule has 7 heteroatoms. The van der Waals surface area contributed by atoms with E-state index >= 15 is 0 Å². The van der Waals surface area contributed by atoms with Crippen molar-refractivity contribution in [1.29, 1.82) is 0 Å². The molecular formula is C24H26ClN3O3. The van der Waals surface area contributed by atoms with Crippen molar-refractivity contribution in [3.8, 4) is 0 Å². The number of aromatic nitrogens is 1. The van der Waals surface area contributed by atoms with Gasteiger partial charge < -0.3 is 19.9 Å². The number of anilines is 1. The van der Waals surface area contributed by atoms with Crippen LogP contribution in [-0.2, 0) is 17.7 Å². The minimum atomic E-state index is -0.314. The summed E-state index contributed by atoms with van der Waals surface area (Å²) in [5.41, 5.74) is 2.86. The third kappa shape index (κ3) is 5.09. The van der Waals surface area contributed by atoms with Crippen LogP contribution in [0.15, 0.2) is 53.3 Å². The van der Waals surface area contributed by atoms with Crippen molar-refractivity contribution in [2.24, 2.45) is 0 Å². The number of hydrogen-bond donors (Lipinski definition) is 2. The van der Waals surface area contributed by atoms with Crippen LogP contribution >= 0.6 is 11.6 Å². The number of fused-ring (bicyclic) bond motifs is 1. The summed E-state index contributed by atoms with van der Waals surface area (Å²) in [5, 5.41) is 4.28. The molecule has 0 bridgehead atoms. The highest BCUT2D eigenvalue weighted by Gasteiger charge is 2.24. The van der Waals surface area contributed by atoms with Crippen LogP contribution < -0.4 is 10.9 Å². The summed E-state index contributed by atoms with van der Waals surface area (Å²) in [6, 6.07) is 14.7. The molecule has 1 aliphatic heterocycles. The molecule has 0 aliphatic carbocycles. The summed E-state index contributed by atoms with van der Waals surface area (Å²) >= 11 is 6.21. The number of H-pyrrole nitrogens is 1. The second-order valence-electron chi connectivity index (χ2n) is 7.82. The Hall–Kier alpha value is -2.83. The molecule has 1 aromatic heterocycles. The largest absolute Gasteiger partial charge is 0.376 e. The average Bonchev–Trinajstić information content (AvgIpc) is 3.28. The minimum absolute atomic E-state index is 0.0387. The third-order valence-corrected chi connectivity index (χ3v) is 5.94. The van der Waals surface area contributed by atoms with Gasteiger partial charge >= 0.3 is 6.03 Å². The van der Waals surface area contributed by atoms with E-state index in [2.05, 4.69) is 23.3 Å². The molecule has 0 saturated carbocycles. The van der Waals surface area contributed by atoms with Gasteiger partial charge in [0, 0.05) is 24.2 Å². The van der Waals surface area contributed by atoms with E-state index in [9.17, 15) is 9.59 Å². The number of para-hydroxylation sites is 1. The number of benzene rings is 2. The molecular weight excluding hydrogens is 414 g/mol. The van der Waals surface area contributed by atoms with Crippen LogP contribution in [0.1, 0.15) is 30.9 Å². The first-order valence-corrected chi connectivity index (χ1v) is 11.0. The maximum atomic E-state index is 13.1. The SMILES string of the molecule is CCc1ccc2[nH]c(=O)c(CN(CC3CCCO3)C(=O)Nc3ccccc3Cl)cc2c1. The van der Waals surface area contributed by atoms with E-state index in [0.29, 0.717) is 29.4 Å². The van der Waals surface area contributed by atoms with E-state index < -0.39 is 0 Å². The molecule has 2 amide bonds. The summed E-state index contributed by atoms with van der Waals surface area (Å²) in [4.78, 5) is 30.4. The average molecular weight is 440 g/mol. The van der Waals surface area contributed by atoms with Gasteiger partial charge in [0.15, 0.2) is 0 Å². The number of nitrogens with one attached hydrogen (secondary N) is 2. The lowest BCUT2D eigenvalue weighted by molar-refractivity contribution is 0.0818. The molecule has 1 aliphatic rings. The number of pyridine rings is 1. The normalized spacial score (nSPS) is 15.9. The molecule has 1 fully saturated rings. The van der Waals surface area contributed by atoms with Gasteiger partial charge in [-0.15, -0.1) is 0 Å². The van der Waals surface area contributed by atoms with E-state index in [0.717, 1.165) is 30.2 Å². The standard InChI is InChI=1S/C24H26ClN3O3/c1-2-16-9-10-21-17(12-16)13-18(23(29)26-21)14-28(15-19-6-5-11-31-19)24(30)27-22-8-4-3-7-20(22)25/h3-4,7-10,12-13,19H,2,5-6,11,14-15H2,1H3,(H,26,29)(H,27,30). The number of carbonyl (C=O) groups excluding carboxylic acids is 1. The van der Waals surface area contributed by atoms with Crippen LogP contribution in [0.5, 0.6) is 0 Å². The Bertz CT molecular complexity index is 1140. The van der Waals surface area contributed by atoms with Crippen LogP contribution in [0, 0.1) is 0 Å². The second kappa shape index (κ2) is 9.54. The van der Waals surface area contributed by atoms with E-state index in [1.165, 1.54) is 5.56 Å². The van der Waals surface area contributed by atoms with Gasteiger partial charge in [0.2, 0.25) is 0 Å². The molecule has 2 N–H and O–H groups in total. The predicted molar refractivity (Wildman–Crippen MR) is 124 cm³/mol. The molecule has 3 aromatic rings. The van der Waals surface area contributed by atoms with E-state index in [4.69, 9.17) is 16.3 Å². The fourth-order valence-corrected chi connectivity index (χ4v) is 4.04. The molecule has 1 atom stereocenters. The number of aromatic amines is 1. The van der Waals surface area contributed by atoms with Crippen LogP contribution in [0.25, 0.3) is 10.9 Å². The quantitative estimate of drug-likeness (QED) is 0.570. The number of ether oxygens (including phenoxy) is 1. The fourth-order valence-electron chi connectivity index (χ4n) is 3.85. The van der Waals surface area contributed by atoms with Crippen molar-refractivity contribution in [2.45, 2.75) is 38.8 Å². The first-order chi connectivity index (χ1) is 15.0. The Labute approximate surface area is 186 Å². The number of urea groups is 1. The van der Waals surface area contributed by atoms with E-state index in [1.54, 1.807) is 23.1 Å². The molecule has 31 heavy (non-hydrogen) atoms. The molecule has 2 heterocycles. The van der Waals surface area contributed by atoms with Crippen molar-refractivity contribution in [3.05, 3.63) is 75.0 Å². The number of halogens is 1. The van der Waals surface area contributed by atoms with Crippen molar-refractivity contribution in [1.82, 2.24) is 9.88 Å². The molecule has 0 spiro atoms. The number of hydrogen-bond acceptors (Lipinski definition) is 3. The summed E-state index contributed by atoms with van der Waals surface area (Å²) in [5.74, 6) is 0. The Morgan fingerprint density at radius 3 is 2.84 bits per heavy atom. The van der Waals surface area contributed by atoms with E-state index in [-0.39, 0.29) is 24.2 Å². The second-order valence-corrected chi connectivity index (χ2v) is 8.23. The van der Waals surface area contributed by atoms with Crippen molar-refractivity contribution < 1.29 is 9.53 Å². The minimum Gasteiger partial charge on any atom is -0.376 e. The zero-order chi connectivity index (χ0) is 21.8. The summed E-state index contributed by atoms with van der Waals surface area (Å²) in [6.07, 6.45) is 2.74. The number of amides is 2.